The number of sulfone groups is 1. The lowest BCUT2D eigenvalue weighted by atomic mass is 9.85. The van der Waals surface area contributed by atoms with E-state index in [-0.39, 0.29) is 6.10 Å². The molecule has 2 heterocycles. The highest BCUT2D eigenvalue weighted by Crippen LogP contribution is 2.39. The number of primary amides is 1. The van der Waals surface area contributed by atoms with Crippen molar-refractivity contribution >= 4 is 21.5 Å². The molecular weight excluding hydrogens is 376 g/mol. The Labute approximate surface area is 166 Å². The van der Waals surface area contributed by atoms with Gasteiger partial charge in [-0.1, -0.05) is 12.1 Å². The summed E-state index contributed by atoms with van der Waals surface area (Å²) >= 11 is 0. The minimum atomic E-state index is -3.52. The van der Waals surface area contributed by atoms with Crippen LogP contribution in [0.3, 0.4) is 0 Å². The first-order chi connectivity index (χ1) is 13.0. The predicted octanol–water partition coefficient (Wildman–Crippen LogP) is 2.60. The minimum absolute atomic E-state index is 0.344. The second-order valence-electron chi connectivity index (χ2n) is 8.49. The number of aliphatic imine (C=N–C) groups is 1. The van der Waals surface area contributed by atoms with Gasteiger partial charge in [-0.3, -0.25) is 9.79 Å². The number of amides is 1. The van der Waals surface area contributed by atoms with Gasteiger partial charge in [-0.05, 0) is 69.9 Å². The van der Waals surface area contributed by atoms with Gasteiger partial charge < -0.3 is 10.5 Å². The van der Waals surface area contributed by atoms with Gasteiger partial charge in [-0.25, -0.2) is 8.42 Å². The van der Waals surface area contributed by atoms with Crippen molar-refractivity contribution in [3.05, 3.63) is 41.5 Å². The van der Waals surface area contributed by atoms with Gasteiger partial charge >= 0.3 is 0 Å². The van der Waals surface area contributed by atoms with E-state index in [0.717, 1.165) is 11.1 Å². The second kappa shape index (κ2) is 7.12. The zero-order valence-electron chi connectivity index (χ0n) is 16.9. The summed E-state index contributed by atoms with van der Waals surface area (Å²) in [5, 5.41) is 0. The highest BCUT2D eigenvalue weighted by molar-refractivity contribution is 7.92. The van der Waals surface area contributed by atoms with E-state index in [9.17, 15) is 13.2 Å². The Hall–Kier alpha value is -1.99. The van der Waals surface area contributed by atoms with E-state index in [1.54, 1.807) is 39.0 Å². The normalized spacial score (nSPS) is 25.9. The molecule has 2 unspecified atom stereocenters. The molecule has 2 atom stereocenters. The highest BCUT2D eigenvalue weighted by Gasteiger charge is 2.46. The van der Waals surface area contributed by atoms with Crippen LogP contribution in [-0.4, -0.2) is 44.0 Å². The molecule has 2 aliphatic rings. The Morgan fingerprint density at radius 3 is 2.71 bits per heavy atom. The van der Waals surface area contributed by atoms with E-state index >= 15 is 0 Å². The summed E-state index contributed by atoms with van der Waals surface area (Å²) in [6.45, 7) is 7.92. The van der Waals surface area contributed by atoms with E-state index in [4.69, 9.17) is 10.5 Å². The second-order valence-corrected chi connectivity index (χ2v) is 11.0. The smallest absolute Gasteiger partial charge is 0.229 e. The van der Waals surface area contributed by atoms with Gasteiger partial charge in [-0.2, -0.15) is 0 Å². The third kappa shape index (κ3) is 3.53. The maximum atomic E-state index is 13.4. The molecule has 7 heteroatoms. The number of carbonyl (C=O) groups is 1. The summed E-state index contributed by atoms with van der Waals surface area (Å²) in [6.07, 6.45) is 2.30. The third-order valence-electron chi connectivity index (χ3n) is 5.94. The van der Waals surface area contributed by atoms with E-state index in [1.807, 2.05) is 19.1 Å². The SMILES string of the molecule is Cc1cccc(S(=O)(=O)C2(C)CCOC(C3=CC(C(C)(C)C(N)=O)=NC3)C2)c1. The number of hydrogen-bond donors (Lipinski definition) is 1. The third-order valence-corrected chi connectivity index (χ3v) is 8.48. The van der Waals surface area contributed by atoms with Crippen molar-refractivity contribution in [2.24, 2.45) is 16.1 Å². The Kier molecular flexibility index (Phi) is 5.27. The fourth-order valence-corrected chi connectivity index (χ4v) is 5.55. The largest absolute Gasteiger partial charge is 0.374 e. The molecule has 0 saturated carbocycles. The van der Waals surface area contributed by atoms with Crippen LogP contribution in [0.2, 0.25) is 0 Å². The number of allylic oxidation sites excluding steroid dienone is 1. The molecule has 1 amide bonds. The van der Waals surface area contributed by atoms with Crippen LogP contribution in [0.4, 0.5) is 0 Å². The predicted molar refractivity (Wildman–Crippen MR) is 109 cm³/mol. The van der Waals surface area contributed by atoms with Crippen molar-refractivity contribution in [3.8, 4) is 0 Å². The average Bonchev–Trinajstić information content (AvgIpc) is 3.12. The molecule has 6 nitrogen and oxygen atoms in total. The molecule has 0 spiro atoms. The maximum absolute atomic E-state index is 13.4. The van der Waals surface area contributed by atoms with Crippen molar-refractivity contribution in [1.82, 2.24) is 0 Å². The lowest BCUT2D eigenvalue weighted by molar-refractivity contribution is -0.122. The zero-order chi connectivity index (χ0) is 20.7. The summed E-state index contributed by atoms with van der Waals surface area (Å²) in [4.78, 5) is 16.5. The number of hydrogen-bond acceptors (Lipinski definition) is 5. The summed E-state index contributed by atoms with van der Waals surface area (Å²) in [6, 6.07) is 7.03. The monoisotopic (exact) mass is 404 g/mol. The van der Waals surface area contributed by atoms with Gasteiger partial charge in [0.25, 0.3) is 0 Å². The van der Waals surface area contributed by atoms with Gasteiger partial charge in [0.05, 0.1) is 33.4 Å². The van der Waals surface area contributed by atoms with Gasteiger partial charge in [0.1, 0.15) is 0 Å². The van der Waals surface area contributed by atoms with E-state index in [0.29, 0.717) is 36.6 Å². The molecule has 2 N–H and O–H groups in total. The van der Waals surface area contributed by atoms with Crippen molar-refractivity contribution in [3.63, 3.8) is 0 Å². The fraction of sp³-hybridized carbons (Fsp3) is 0.524. The van der Waals surface area contributed by atoms with E-state index in [1.165, 1.54) is 0 Å². The highest BCUT2D eigenvalue weighted by atomic mass is 32.2. The van der Waals surface area contributed by atoms with Gasteiger partial charge in [0.2, 0.25) is 5.91 Å². The first kappa shape index (κ1) is 20.7. The number of aryl methyl sites for hydroxylation is 1. The molecule has 28 heavy (non-hydrogen) atoms. The molecule has 0 aromatic heterocycles. The number of rotatable bonds is 5. The van der Waals surface area contributed by atoms with Gasteiger partial charge in [0.15, 0.2) is 9.84 Å². The zero-order valence-corrected chi connectivity index (χ0v) is 17.7. The van der Waals surface area contributed by atoms with Crippen LogP contribution in [0.15, 0.2) is 45.8 Å². The topological polar surface area (TPSA) is 98.8 Å². The van der Waals surface area contributed by atoms with E-state index < -0.39 is 25.9 Å². The summed E-state index contributed by atoms with van der Waals surface area (Å²) in [7, 11) is -3.52. The lowest BCUT2D eigenvalue weighted by Crippen LogP contribution is -2.45. The minimum Gasteiger partial charge on any atom is -0.374 e. The maximum Gasteiger partial charge on any atom is 0.229 e. The summed E-state index contributed by atoms with van der Waals surface area (Å²) < 4.78 is 31.7. The van der Waals surface area contributed by atoms with Crippen LogP contribution in [0.1, 0.15) is 39.2 Å². The van der Waals surface area contributed by atoms with Crippen LogP contribution in [0.5, 0.6) is 0 Å². The van der Waals surface area contributed by atoms with Gasteiger partial charge in [-0.15, -0.1) is 0 Å². The molecule has 1 aromatic carbocycles. The Balaban J connectivity index is 1.86. The quantitative estimate of drug-likeness (QED) is 0.815. The lowest BCUT2D eigenvalue weighted by Gasteiger charge is -2.38. The van der Waals surface area contributed by atoms with Gasteiger partial charge in [0, 0.05) is 6.61 Å². The molecule has 2 aliphatic heterocycles. The molecule has 0 aliphatic carbocycles. The number of nitrogens with zero attached hydrogens (tertiary/aromatic N) is 1. The Morgan fingerprint density at radius 2 is 2.07 bits per heavy atom. The molecule has 0 bridgehead atoms. The summed E-state index contributed by atoms with van der Waals surface area (Å²) in [5.41, 5.74) is 7.05. The Bertz CT molecular complexity index is 962. The molecular formula is C21H28N2O4S. The molecule has 152 valence electrons. The van der Waals surface area contributed by atoms with E-state index in [2.05, 4.69) is 4.99 Å². The Morgan fingerprint density at radius 1 is 1.36 bits per heavy atom. The molecule has 0 radical (unpaired) electrons. The van der Waals surface area contributed by atoms with Crippen LogP contribution in [-0.2, 0) is 19.4 Å². The molecule has 3 rings (SSSR count). The van der Waals surface area contributed by atoms with Crippen molar-refractivity contribution in [2.75, 3.05) is 13.2 Å². The summed E-state index contributed by atoms with van der Waals surface area (Å²) in [5.74, 6) is -0.444. The first-order valence-corrected chi connectivity index (χ1v) is 10.9. The molecule has 1 aromatic rings. The van der Waals surface area contributed by atoms with Crippen LogP contribution >= 0.6 is 0 Å². The molecule has 1 saturated heterocycles. The fourth-order valence-electron chi connectivity index (χ4n) is 3.66. The number of nitrogens with two attached hydrogens (primary N) is 1. The van der Waals surface area contributed by atoms with Crippen LogP contribution in [0, 0.1) is 12.3 Å². The molecule has 1 fully saturated rings. The number of carbonyl (C=O) groups excluding carboxylic acids is 1. The average molecular weight is 405 g/mol. The number of ether oxygens (including phenoxy) is 1. The van der Waals surface area contributed by atoms with Crippen LogP contribution < -0.4 is 5.73 Å². The first-order valence-electron chi connectivity index (χ1n) is 9.45. The van der Waals surface area contributed by atoms with Crippen molar-refractivity contribution in [2.45, 2.75) is 56.3 Å². The number of benzene rings is 1. The standard InChI is InChI=1S/C21H28N2O4S/c1-14-6-5-7-16(10-14)28(25,26)21(4)8-9-27-17(12-21)15-11-18(23-13-15)20(2,3)19(22)24/h5-7,10-11,17H,8-9,12-13H2,1-4H3,(H2,22,24). The van der Waals surface area contributed by atoms with Crippen LogP contribution in [0.25, 0.3) is 0 Å². The van der Waals surface area contributed by atoms with Crippen molar-refractivity contribution in [1.29, 1.82) is 0 Å². The van der Waals surface area contributed by atoms with Crippen molar-refractivity contribution < 1.29 is 17.9 Å².